The second-order valence-electron chi connectivity index (χ2n) is 6.18. The van der Waals surface area contributed by atoms with Gasteiger partial charge in [-0.25, -0.2) is 9.07 Å². The summed E-state index contributed by atoms with van der Waals surface area (Å²) in [5.41, 5.74) is 3.91. The summed E-state index contributed by atoms with van der Waals surface area (Å²) in [7, 11) is 0. The molecule has 1 saturated heterocycles. The molecule has 138 valence electrons. The first-order valence-electron chi connectivity index (χ1n) is 8.57. The summed E-state index contributed by atoms with van der Waals surface area (Å²) in [6.45, 7) is 1.83. The molecule has 7 heteroatoms. The lowest BCUT2D eigenvalue weighted by atomic mass is 10.2. The van der Waals surface area contributed by atoms with Crippen molar-refractivity contribution in [3.63, 3.8) is 0 Å². The number of hydrogen-bond donors (Lipinski definition) is 1. The van der Waals surface area contributed by atoms with Gasteiger partial charge in [-0.15, -0.1) is 23.5 Å². The zero-order chi connectivity index (χ0) is 18.8. The van der Waals surface area contributed by atoms with E-state index in [0.29, 0.717) is 21.5 Å². The lowest BCUT2D eigenvalue weighted by Gasteiger charge is -2.11. The predicted octanol–water partition coefficient (Wildman–Crippen LogP) is 5.05. The quantitative estimate of drug-likeness (QED) is 0.667. The number of nitrogens with one attached hydrogen (secondary N) is 1. The van der Waals surface area contributed by atoms with E-state index in [1.807, 2.05) is 48.6 Å². The molecular weight excluding hydrogens is 381 g/mol. The van der Waals surface area contributed by atoms with Crippen LogP contribution < -0.4 is 5.32 Å². The van der Waals surface area contributed by atoms with Gasteiger partial charge in [-0.3, -0.25) is 4.79 Å². The van der Waals surface area contributed by atoms with Crippen molar-refractivity contribution in [2.24, 2.45) is 0 Å². The van der Waals surface area contributed by atoms with E-state index in [0.717, 1.165) is 17.2 Å². The van der Waals surface area contributed by atoms with E-state index in [2.05, 4.69) is 16.5 Å². The molecule has 0 aliphatic carbocycles. The summed E-state index contributed by atoms with van der Waals surface area (Å²) in [6, 6.07) is 14.0. The molecule has 4 rings (SSSR count). The summed E-state index contributed by atoms with van der Waals surface area (Å²) in [4.78, 5) is 12.7. The highest BCUT2D eigenvalue weighted by Crippen LogP contribution is 2.45. The summed E-state index contributed by atoms with van der Waals surface area (Å²) >= 11 is 3.87. The molecule has 0 saturated carbocycles. The molecule has 0 unspecified atom stereocenters. The number of aromatic nitrogens is 2. The molecule has 1 aliphatic heterocycles. The van der Waals surface area contributed by atoms with Gasteiger partial charge < -0.3 is 5.32 Å². The normalized spacial score (nSPS) is 14.4. The number of amides is 1. The Morgan fingerprint density at radius 1 is 1.19 bits per heavy atom. The minimum Gasteiger partial charge on any atom is -0.322 e. The van der Waals surface area contributed by atoms with Gasteiger partial charge in [0.1, 0.15) is 5.82 Å². The third-order valence-corrected chi connectivity index (χ3v) is 7.47. The fourth-order valence-corrected chi connectivity index (χ4v) is 5.83. The monoisotopic (exact) mass is 399 g/mol. The molecule has 0 radical (unpaired) electrons. The van der Waals surface area contributed by atoms with E-state index in [-0.39, 0.29) is 11.7 Å². The third-order valence-electron chi connectivity index (χ3n) is 4.36. The summed E-state index contributed by atoms with van der Waals surface area (Å²) in [6.07, 6.45) is 1.54. The minimum atomic E-state index is -0.306. The van der Waals surface area contributed by atoms with Crippen molar-refractivity contribution in [2.75, 3.05) is 16.8 Å². The number of anilines is 1. The van der Waals surface area contributed by atoms with Crippen LogP contribution in [0, 0.1) is 12.7 Å². The second-order valence-corrected chi connectivity index (χ2v) is 8.91. The number of thioether (sulfide) groups is 2. The van der Waals surface area contributed by atoms with Crippen LogP contribution in [-0.4, -0.2) is 27.2 Å². The number of hydrogen-bond acceptors (Lipinski definition) is 4. The number of halogens is 1. The number of rotatable bonds is 4. The number of benzene rings is 2. The molecule has 27 heavy (non-hydrogen) atoms. The Hall–Kier alpha value is -2.25. The van der Waals surface area contributed by atoms with Gasteiger partial charge in [0.15, 0.2) is 0 Å². The van der Waals surface area contributed by atoms with Gasteiger partial charge in [0.2, 0.25) is 0 Å². The first-order chi connectivity index (χ1) is 13.1. The van der Waals surface area contributed by atoms with Gasteiger partial charge in [0.05, 0.1) is 27.7 Å². The first kappa shape index (κ1) is 18.1. The Bertz CT molecular complexity index is 966. The number of nitrogens with zero attached hydrogens (tertiary/aromatic N) is 2. The fraction of sp³-hybridized carbons (Fsp3) is 0.200. The lowest BCUT2D eigenvalue weighted by Crippen LogP contribution is -2.13. The van der Waals surface area contributed by atoms with Gasteiger partial charge in [0.25, 0.3) is 5.91 Å². The van der Waals surface area contributed by atoms with Gasteiger partial charge >= 0.3 is 0 Å². The summed E-state index contributed by atoms with van der Waals surface area (Å²) in [5.74, 6) is 1.81. The van der Waals surface area contributed by atoms with Crippen molar-refractivity contribution in [1.82, 2.24) is 9.78 Å². The smallest absolute Gasteiger partial charge is 0.259 e. The van der Waals surface area contributed by atoms with Crippen LogP contribution in [0.1, 0.15) is 26.2 Å². The van der Waals surface area contributed by atoms with Crippen LogP contribution in [0.15, 0.2) is 54.7 Å². The zero-order valence-electron chi connectivity index (χ0n) is 14.7. The van der Waals surface area contributed by atoms with Crippen LogP contribution in [0.25, 0.3) is 5.69 Å². The second kappa shape index (κ2) is 7.78. The van der Waals surface area contributed by atoms with Gasteiger partial charge in [0, 0.05) is 17.2 Å². The van der Waals surface area contributed by atoms with E-state index < -0.39 is 0 Å². The molecule has 0 bridgehead atoms. The Labute approximate surface area is 165 Å². The molecule has 3 aromatic rings. The third kappa shape index (κ3) is 3.89. The van der Waals surface area contributed by atoms with Crippen LogP contribution in [0.4, 0.5) is 10.1 Å². The molecule has 1 fully saturated rings. The summed E-state index contributed by atoms with van der Waals surface area (Å²) in [5, 5.41) is 7.25. The van der Waals surface area contributed by atoms with Crippen LogP contribution in [-0.2, 0) is 0 Å². The zero-order valence-corrected chi connectivity index (χ0v) is 16.3. The standard InChI is InChI=1S/C20H18FN3OS2/c1-13-18(12-22-24(13)17-7-5-15(21)6-8-17)19(25)23-16-4-2-3-14(11-16)20-26-9-10-27-20/h2-8,11-12,20H,9-10H2,1H3,(H,23,25). The van der Waals surface area contributed by atoms with Crippen molar-refractivity contribution < 1.29 is 9.18 Å². The predicted molar refractivity (Wildman–Crippen MR) is 110 cm³/mol. The Balaban J connectivity index is 1.54. The van der Waals surface area contributed by atoms with Crippen LogP contribution in [0.3, 0.4) is 0 Å². The molecule has 4 nitrogen and oxygen atoms in total. The van der Waals surface area contributed by atoms with Crippen molar-refractivity contribution in [3.8, 4) is 5.69 Å². The highest BCUT2D eigenvalue weighted by atomic mass is 32.2. The molecule has 1 N–H and O–H groups in total. The number of carbonyl (C=O) groups is 1. The van der Waals surface area contributed by atoms with Crippen molar-refractivity contribution in [2.45, 2.75) is 11.5 Å². The maximum atomic E-state index is 13.1. The molecule has 2 aromatic carbocycles. The molecular formula is C20H18FN3OS2. The van der Waals surface area contributed by atoms with E-state index in [1.165, 1.54) is 17.7 Å². The van der Waals surface area contributed by atoms with E-state index in [9.17, 15) is 9.18 Å². The largest absolute Gasteiger partial charge is 0.322 e. The lowest BCUT2D eigenvalue weighted by molar-refractivity contribution is 0.102. The van der Waals surface area contributed by atoms with E-state index in [4.69, 9.17) is 0 Å². The average Bonchev–Trinajstić information content (AvgIpc) is 3.33. The van der Waals surface area contributed by atoms with Crippen molar-refractivity contribution in [3.05, 3.63) is 77.4 Å². The Kier molecular flexibility index (Phi) is 5.22. The maximum Gasteiger partial charge on any atom is 0.259 e. The van der Waals surface area contributed by atoms with E-state index in [1.54, 1.807) is 23.0 Å². The SMILES string of the molecule is Cc1c(C(=O)Nc2cccc(C3SCCS3)c2)cnn1-c1ccc(F)cc1. The average molecular weight is 400 g/mol. The highest BCUT2D eigenvalue weighted by molar-refractivity contribution is 8.19. The maximum absolute atomic E-state index is 13.1. The molecule has 0 atom stereocenters. The van der Waals surface area contributed by atoms with Crippen LogP contribution in [0.2, 0.25) is 0 Å². The van der Waals surface area contributed by atoms with Gasteiger partial charge in [-0.2, -0.15) is 5.10 Å². The van der Waals surface area contributed by atoms with Crippen molar-refractivity contribution in [1.29, 1.82) is 0 Å². The van der Waals surface area contributed by atoms with Crippen LogP contribution >= 0.6 is 23.5 Å². The Morgan fingerprint density at radius 2 is 1.93 bits per heavy atom. The molecule has 2 heterocycles. The van der Waals surface area contributed by atoms with Gasteiger partial charge in [-0.05, 0) is 48.9 Å². The fourth-order valence-electron chi connectivity index (χ4n) is 2.99. The van der Waals surface area contributed by atoms with Crippen molar-refractivity contribution >= 4 is 35.1 Å². The summed E-state index contributed by atoms with van der Waals surface area (Å²) < 4.78 is 15.2. The number of carbonyl (C=O) groups excluding carboxylic acids is 1. The topological polar surface area (TPSA) is 46.9 Å². The minimum absolute atomic E-state index is 0.204. The molecule has 0 spiro atoms. The molecule has 1 aromatic heterocycles. The van der Waals surface area contributed by atoms with Gasteiger partial charge in [-0.1, -0.05) is 12.1 Å². The first-order valence-corrected chi connectivity index (χ1v) is 10.7. The molecule has 1 aliphatic rings. The molecule has 1 amide bonds. The van der Waals surface area contributed by atoms with Crippen LogP contribution in [0.5, 0.6) is 0 Å². The van der Waals surface area contributed by atoms with E-state index >= 15 is 0 Å². The highest BCUT2D eigenvalue weighted by Gasteiger charge is 2.19. The Morgan fingerprint density at radius 3 is 2.67 bits per heavy atom.